The van der Waals surface area contributed by atoms with Gasteiger partial charge in [-0.2, -0.15) is 8.42 Å². The van der Waals surface area contributed by atoms with E-state index in [0.717, 1.165) is 44.9 Å². The van der Waals surface area contributed by atoms with Gasteiger partial charge in [-0.3, -0.25) is 9.35 Å². The summed E-state index contributed by atoms with van der Waals surface area (Å²) in [6.45, 7) is 3.05. The number of carbonyl (C=O) groups is 1. The SMILES string of the molecule is CC/C=C/CC/C=C/CC/C=C/C(O)C(COC1OC(CO)C(O)C(OS(=O)(=O)O)C1O)NC(=O)C(O)CCCCCCCCCCCCCCCCCCCC. The van der Waals surface area contributed by atoms with E-state index in [-0.39, 0.29) is 6.42 Å². The average Bonchev–Trinajstić information content (AvgIpc) is 3.18. The predicted octanol–water partition coefficient (Wildman–Crippen LogP) is 6.91. The summed E-state index contributed by atoms with van der Waals surface area (Å²) < 4.78 is 47.3. The van der Waals surface area contributed by atoms with Crippen molar-refractivity contribution in [3.8, 4) is 0 Å². The fourth-order valence-electron chi connectivity index (χ4n) is 6.79. The number of nitrogens with one attached hydrogen (secondary N) is 1. The number of allylic oxidation sites excluding steroid dienone is 5. The molecular formula is C43H79NO12S. The van der Waals surface area contributed by atoms with Gasteiger partial charge >= 0.3 is 10.4 Å². The van der Waals surface area contributed by atoms with Crippen LogP contribution in [-0.2, 0) is 28.9 Å². The number of unbranched alkanes of at least 4 members (excludes halogenated alkanes) is 19. The topological polar surface area (TPSA) is 212 Å². The van der Waals surface area contributed by atoms with Crippen molar-refractivity contribution in [2.75, 3.05) is 13.2 Å². The van der Waals surface area contributed by atoms with Crippen molar-refractivity contribution in [1.82, 2.24) is 5.32 Å². The fraction of sp³-hybridized carbons (Fsp3) is 0.837. The zero-order valence-corrected chi connectivity index (χ0v) is 35.8. The van der Waals surface area contributed by atoms with Crippen LogP contribution in [0.15, 0.2) is 36.5 Å². The zero-order valence-electron chi connectivity index (χ0n) is 35.0. The number of rotatable bonds is 36. The van der Waals surface area contributed by atoms with Crippen LogP contribution in [0.3, 0.4) is 0 Å². The molecule has 1 aliphatic heterocycles. The summed E-state index contributed by atoms with van der Waals surface area (Å²) in [5.74, 6) is -0.718. The number of amides is 1. The summed E-state index contributed by atoms with van der Waals surface area (Å²) in [6.07, 6.45) is 26.9. The molecule has 0 aromatic heterocycles. The van der Waals surface area contributed by atoms with E-state index in [0.29, 0.717) is 12.8 Å². The molecule has 0 radical (unpaired) electrons. The molecule has 7 N–H and O–H groups in total. The molecule has 1 heterocycles. The van der Waals surface area contributed by atoms with Gasteiger partial charge in [0.15, 0.2) is 6.29 Å². The second-order valence-corrected chi connectivity index (χ2v) is 16.4. The molecule has 14 heteroatoms. The standard InChI is InChI=1S/C43H79NO12S/c1-3-5-7-9-11-13-15-16-17-18-19-20-21-22-24-26-28-30-32-37(47)42(50)44-35(36(46)31-29-27-25-23-14-12-10-8-6-4-2)34-54-43-40(49)41(56-57(51,52)53)39(48)38(33-45)55-43/h6,8,14,23,29,31,35-41,43,45-49H,3-5,7,9-13,15-22,24-28,30,32-34H2,1-2H3,(H,44,50)(H,51,52,53)/b8-6+,23-14+,31-29+. The van der Waals surface area contributed by atoms with E-state index < -0.39 is 78.5 Å². The van der Waals surface area contributed by atoms with Gasteiger partial charge in [0.2, 0.25) is 5.91 Å². The molecule has 0 aliphatic carbocycles. The average molecular weight is 834 g/mol. The second kappa shape index (κ2) is 34.0. The molecule has 0 spiro atoms. The van der Waals surface area contributed by atoms with E-state index in [9.17, 15) is 38.7 Å². The van der Waals surface area contributed by atoms with E-state index >= 15 is 0 Å². The van der Waals surface area contributed by atoms with Gasteiger partial charge in [-0.15, -0.1) is 0 Å². The molecule has 8 unspecified atom stereocenters. The first-order chi connectivity index (χ1) is 27.4. The van der Waals surface area contributed by atoms with Gasteiger partial charge in [0.25, 0.3) is 0 Å². The third-order valence-corrected chi connectivity index (χ3v) is 10.7. The maximum absolute atomic E-state index is 13.1. The smallest absolute Gasteiger partial charge is 0.394 e. The highest BCUT2D eigenvalue weighted by Crippen LogP contribution is 2.26. The third-order valence-electron chi connectivity index (χ3n) is 10.3. The lowest BCUT2D eigenvalue weighted by molar-refractivity contribution is -0.298. The summed E-state index contributed by atoms with van der Waals surface area (Å²) in [4.78, 5) is 13.1. The van der Waals surface area contributed by atoms with Crippen molar-refractivity contribution in [2.45, 2.75) is 217 Å². The fourth-order valence-corrected chi connectivity index (χ4v) is 7.30. The Hall–Kier alpha value is -1.72. The van der Waals surface area contributed by atoms with Crippen molar-refractivity contribution in [3.05, 3.63) is 36.5 Å². The quantitative estimate of drug-likeness (QED) is 0.0195. The van der Waals surface area contributed by atoms with Gasteiger partial charge in [-0.05, 0) is 38.5 Å². The molecular weight excluding hydrogens is 755 g/mol. The first kappa shape index (κ1) is 53.3. The molecule has 0 aromatic carbocycles. The predicted molar refractivity (Wildman–Crippen MR) is 224 cm³/mol. The Kier molecular flexibility index (Phi) is 31.8. The third kappa shape index (κ3) is 26.9. The van der Waals surface area contributed by atoms with E-state index in [1.165, 1.54) is 96.0 Å². The van der Waals surface area contributed by atoms with Crippen LogP contribution >= 0.6 is 0 Å². The van der Waals surface area contributed by atoms with Gasteiger partial charge < -0.3 is 40.3 Å². The minimum absolute atomic E-state index is 0.236. The lowest BCUT2D eigenvalue weighted by Crippen LogP contribution is -2.61. The minimum atomic E-state index is -5.12. The number of aliphatic hydroxyl groups is 5. The molecule has 13 nitrogen and oxygen atoms in total. The summed E-state index contributed by atoms with van der Waals surface area (Å²) in [7, 11) is -5.12. The lowest BCUT2D eigenvalue weighted by Gasteiger charge is -2.41. The highest BCUT2D eigenvalue weighted by atomic mass is 32.3. The summed E-state index contributed by atoms with van der Waals surface area (Å²) in [5.41, 5.74) is 0. The monoisotopic (exact) mass is 834 g/mol. The summed E-state index contributed by atoms with van der Waals surface area (Å²) >= 11 is 0. The Morgan fingerprint density at radius 1 is 0.719 bits per heavy atom. The molecule has 1 rings (SSSR count). The zero-order chi connectivity index (χ0) is 42.2. The molecule has 1 saturated heterocycles. The maximum atomic E-state index is 13.1. The Labute approximate surface area is 344 Å². The van der Waals surface area contributed by atoms with Crippen molar-refractivity contribution >= 4 is 16.3 Å². The van der Waals surface area contributed by atoms with Crippen molar-refractivity contribution < 1.29 is 57.0 Å². The second-order valence-electron chi connectivity index (χ2n) is 15.4. The van der Waals surface area contributed by atoms with Crippen molar-refractivity contribution in [2.24, 2.45) is 0 Å². The van der Waals surface area contributed by atoms with Crippen LogP contribution in [0.25, 0.3) is 0 Å². The number of hydrogen-bond acceptors (Lipinski definition) is 11. The van der Waals surface area contributed by atoms with Crippen LogP contribution in [-0.4, -0.2) is 107 Å². The minimum Gasteiger partial charge on any atom is -0.394 e. The highest BCUT2D eigenvalue weighted by molar-refractivity contribution is 7.80. The van der Waals surface area contributed by atoms with Crippen LogP contribution in [0.2, 0.25) is 0 Å². The largest absolute Gasteiger partial charge is 0.397 e. The molecule has 57 heavy (non-hydrogen) atoms. The molecule has 1 aliphatic rings. The number of ether oxygens (including phenoxy) is 2. The van der Waals surface area contributed by atoms with E-state index in [1.54, 1.807) is 6.08 Å². The molecule has 0 bridgehead atoms. The van der Waals surface area contributed by atoms with E-state index in [4.69, 9.17) is 14.0 Å². The van der Waals surface area contributed by atoms with Crippen LogP contribution in [0.1, 0.15) is 168 Å². The van der Waals surface area contributed by atoms with Gasteiger partial charge in [0, 0.05) is 0 Å². The normalized spacial score (nSPS) is 22.1. The molecule has 0 aromatic rings. The van der Waals surface area contributed by atoms with E-state index in [2.05, 4.69) is 41.6 Å². The first-order valence-electron chi connectivity index (χ1n) is 22.0. The number of hydrogen-bond donors (Lipinski definition) is 7. The molecule has 334 valence electrons. The van der Waals surface area contributed by atoms with Gasteiger partial charge in [0.05, 0.1) is 25.4 Å². The van der Waals surface area contributed by atoms with Crippen LogP contribution < -0.4 is 5.32 Å². The molecule has 1 fully saturated rings. The van der Waals surface area contributed by atoms with Gasteiger partial charge in [0.1, 0.15) is 30.5 Å². The maximum Gasteiger partial charge on any atom is 0.397 e. The van der Waals surface area contributed by atoms with E-state index in [1.807, 2.05) is 6.08 Å². The summed E-state index contributed by atoms with van der Waals surface area (Å²) in [5, 5.41) is 54.9. The summed E-state index contributed by atoms with van der Waals surface area (Å²) in [6, 6.07) is -1.14. The Balaban J connectivity index is 2.56. The molecule has 1 amide bonds. The highest BCUT2D eigenvalue weighted by Gasteiger charge is 2.48. The van der Waals surface area contributed by atoms with Crippen LogP contribution in [0.4, 0.5) is 0 Å². The van der Waals surface area contributed by atoms with Gasteiger partial charge in [-0.25, -0.2) is 4.18 Å². The lowest BCUT2D eigenvalue weighted by atomic mass is 9.99. The number of aliphatic hydroxyl groups excluding tert-OH is 5. The molecule has 8 atom stereocenters. The van der Waals surface area contributed by atoms with Crippen LogP contribution in [0.5, 0.6) is 0 Å². The number of carbonyl (C=O) groups excluding carboxylic acids is 1. The van der Waals surface area contributed by atoms with Crippen molar-refractivity contribution in [3.63, 3.8) is 0 Å². The van der Waals surface area contributed by atoms with Crippen molar-refractivity contribution in [1.29, 1.82) is 0 Å². The Morgan fingerprint density at radius 3 is 1.67 bits per heavy atom. The van der Waals surface area contributed by atoms with Gasteiger partial charge in [-0.1, -0.05) is 166 Å². The first-order valence-corrected chi connectivity index (χ1v) is 23.3. The Morgan fingerprint density at radius 2 is 1.19 bits per heavy atom. The Bertz CT molecular complexity index is 1180. The molecule has 0 saturated carbocycles. The van der Waals surface area contributed by atoms with Crippen LogP contribution in [0, 0.1) is 0 Å².